The lowest BCUT2D eigenvalue weighted by molar-refractivity contribution is 0.0947. The molecule has 2 heterocycles. The summed E-state index contributed by atoms with van der Waals surface area (Å²) in [6.07, 6.45) is 8.81. The molecule has 0 unspecified atom stereocenters. The maximum absolute atomic E-state index is 12.5. The van der Waals surface area contributed by atoms with Crippen molar-refractivity contribution < 1.29 is 4.79 Å². The Morgan fingerprint density at radius 3 is 2.85 bits per heavy atom. The number of nitrogens with zero attached hydrogens (tertiary/aromatic N) is 3. The number of benzene rings is 1. The predicted molar refractivity (Wildman–Crippen MR) is 109 cm³/mol. The van der Waals surface area contributed by atoms with Crippen molar-refractivity contribution in [2.24, 2.45) is 0 Å². The summed E-state index contributed by atoms with van der Waals surface area (Å²) in [4.78, 5) is 16.2. The van der Waals surface area contributed by atoms with Gasteiger partial charge in [-0.05, 0) is 37.3 Å². The van der Waals surface area contributed by atoms with E-state index in [-0.39, 0.29) is 5.91 Å². The Labute approximate surface area is 165 Å². The van der Waals surface area contributed by atoms with Crippen LogP contribution >= 0.6 is 11.8 Å². The Kier molecular flexibility index (Phi) is 5.83. The Balaban J connectivity index is 1.37. The zero-order chi connectivity index (χ0) is 18.6. The monoisotopic (exact) mass is 384 g/mol. The van der Waals surface area contributed by atoms with Gasteiger partial charge in [-0.15, -0.1) is 11.8 Å². The molecule has 1 N–H and O–H groups in total. The number of aromatic nitrogens is 2. The van der Waals surface area contributed by atoms with Crippen LogP contribution in [-0.4, -0.2) is 39.4 Å². The lowest BCUT2D eigenvalue weighted by Crippen LogP contribution is -2.42. The van der Waals surface area contributed by atoms with E-state index in [9.17, 15) is 4.79 Å². The summed E-state index contributed by atoms with van der Waals surface area (Å²) in [5.74, 6) is -0.0326. The highest BCUT2D eigenvalue weighted by Crippen LogP contribution is 2.26. The van der Waals surface area contributed by atoms with Crippen molar-refractivity contribution in [1.29, 1.82) is 0 Å². The Hall–Kier alpha value is -1.79. The van der Waals surface area contributed by atoms with Gasteiger partial charge >= 0.3 is 0 Å². The van der Waals surface area contributed by atoms with Crippen LogP contribution in [0.2, 0.25) is 0 Å². The first kappa shape index (κ1) is 18.6. The topological polar surface area (TPSA) is 50.2 Å². The van der Waals surface area contributed by atoms with Crippen LogP contribution in [0.1, 0.15) is 53.8 Å². The van der Waals surface area contributed by atoms with Gasteiger partial charge in [0, 0.05) is 24.0 Å². The molecule has 1 saturated carbocycles. The molecule has 1 aliphatic heterocycles. The van der Waals surface area contributed by atoms with Crippen LogP contribution < -0.4 is 5.32 Å². The number of hydrogen-bond acceptors (Lipinski definition) is 4. The van der Waals surface area contributed by atoms with E-state index >= 15 is 0 Å². The fourth-order valence-electron chi connectivity index (χ4n) is 4.29. The molecule has 1 aromatic carbocycles. The Morgan fingerprint density at radius 1 is 1.22 bits per heavy atom. The molecule has 0 spiro atoms. The quantitative estimate of drug-likeness (QED) is 0.799. The molecule has 0 radical (unpaired) electrons. The predicted octanol–water partition coefficient (Wildman–Crippen LogP) is 3.68. The van der Waals surface area contributed by atoms with Gasteiger partial charge < -0.3 is 5.32 Å². The fourth-order valence-corrected chi connectivity index (χ4v) is 4.88. The molecule has 4 rings (SSSR count). The number of hydrogen-bond donors (Lipinski definition) is 1. The number of nitrogens with one attached hydrogen (secondary N) is 1. The summed E-state index contributed by atoms with van der Waals surface area (Å²) >= 11 is 1.60. The van der Waals surface area contributed by atoms with Crippen molar-refractivity contribution >= 4 is 17.7 Å². The van der Waals surface area contributed by atoms with Crippen LogP contribution in [0, 0.1) is 0 Å². The Morgan fingerprint density at radius 2 is 2.04 bits per heavy atom. The third-order valence-corrected chi connectivity index (χ3v) is 6.55. The maximum Gasteiger partial charge on any atom is 0.252 e. The van der Waals surface area contributed by atoms with Gasteiger partial charge in [-0.2, -0.15) is 5.10 Å². The number of rotatable bonds is 5. The van der Waals surface area contributed by atoms with Crippen molar-refractivity contribution in [2.75, 3.05) is 12.8 Å². The summed E-state index contributed by atoms with van der Waals surface area (Å²) in [7, 11) is 0. The summed E-state index contributed by atoms with van der Waals surface area (Å²) in [6.45, 7) is 3.51. The molecule has 1 aromatic heterocycles. The summed E-state index contributed by atoms with van der Waals surface area (Å²) in [5, 5.41) is 7.74. The highest BCUT2D eigenvalue weighted by molar-refractivity contribution is 7.98. The van der Waals surface area contributed by atoms with Gasteiger partial charge in [-0.25, -0.2) is 0 Å². The minimum Gasteiger partial charge on any atom is -0.346 e. The molecule has 0 bridgehead atoms. The van der Waals surface area contributed by atoms with E-state index in [1.54, 1.807) is 11.8 Å². The molecular weight excluding hydrogens is 356 g/mol. The second kappa shape index (κ2) is 8.48. The van der Waals surface area contributed by atoms with Gasteiger partial charge in [-0.1, -0.05) is 31.4 Å². The second-order valence-corrected chi connectivity index (χ2v) is 8.34. The lowest BCUT2D eigenvalue weighted by Gasteiger charge is -2.36. The highest BCUT2D eigenvalue weighted by Gasteiger charge is 2.26. The summed E-state index contributed by atoms with van der Waals surface area (Å²) < 4.78 is 2.12. The molecule has 5 nitrogen and oxygen atoms in total. The molecule has 144 valence electrons. The van der Waals surface area contributed by atoms with Gasteiger partial charge in [0.15, 0.2) is 0 Å². The van der Waals surface area contributed by atoms with Crippen molar-refractivity contribution in [2.45, 2.75) is 62.7 Å². The van der Waals surface area contributed by atoms with E-state index in [4.69, 9.17) is 5.10 Å². The number of thioether (sulfide) groups is 1. The molecule has 0 saturated heterocycles. The van der Waals surface area contributed by atoms with Crippen molar-refractivity contribution in [3.05, 3.63) is 47.3 Å². The van der Waals surface area contributed by atoms with Crippen LogP contribution in [0.5, 0.6) is 0 Å². The van der Waals surface area contributed by atoms with E-state index in [0.29, 0.717) is 6.54 Å². The van der Waals surface area contributed by atoms with Crippen LogP contribution in [-0.2, 0) is 19.6 Å². The SMILES string of the molecule is CSc1ccccc1C(=O)NCc1cc2n(n1)CCN(C1CCCCC1)C2. The zero-order valence-electron chi connectivity index (χ0n) is 16.0. The van der Waals surface area contributed by atoms with Crippen LogP contribution in [0.4, 0.5) is 0 Å². The largest absolute Gasteiger partial charge is 0.346 e. The third-order valence-electron chi connectivity index (χ3n) is 5.75. The van der Waals surface area contributed by atoms with E-state index in [1.165, 1.54) is 37.8 Å². The standard InChI is InChI=1S/C21H28N4OS/c1-27-20-10-6-5-9-19(20)21(26)22-14-16-13-18-15-24(11-12-25(18)23-16)17-7-3-2-4-8-17/h5-6,9-10,13,17H,2-4,7-8,11-12,14-15H2,1H3,(H,22,26). The lowest BCUT2D eigenvalue weighted by atomic mass is 9.94. The van der Waals surface area contributed by atoms with Crippen LogP contribution in [0.15, 0.2) is 35.2 Å². The number of carbonyl (C=O) groups is 1. The van der Waals surface area contributed by atoms with Gasteiger partial charge in [-0.3, -0.25) is 14.4 Å². The fraction of sp³-hybridized carbons (Fsp3) is 0.524. The normalized spacial score (nSPS) is 18.3. The molecule has 27 heavy (non-hydrogen) atoms. The summed E-state index contributed by atoms with van der Waals surface area (Å²) in [5.41, 5.74) is 2.96. The third kappa shape index (κ3) is 4.22. The van der Waals surface area contributed by atoms with E-state index in [0.717, 1.165) is 41.8 Å². The first-order valence-electron chi connectivity index (χ1n) is 9.95. The molecule has 6 heteroatoms. The maximum atomic E-state index is 12.5. The van der Waals surface area contributed by atoms with E-state index in [2.05, 4.69) is 21.0 Å². The minimum atomic E-state index is -0.0326. The van der Waals surface area contributed by atoms with Crippen LogP contribution in [0.25, 0.3) is 0 Å². The number of amides is 1. The van der Waals surface area contributed by atoms with Gasteiger partial charge in [0.05, 0.1) is 30.0 Å². The molecule has 1 amide bonds. The molecule has 2 aliphatic rings. The van der Waals surface area contributed by atoms with E-state index < -0.39 is 0 Å². The second-order valence-electron chi connectivity index (χ2n) is 7.50. The summed E-state index contributed by atoms with van der Waals surface area (Å²) in [6, 6.07) is 10.6. The number of carbonyl (C=O) groups excluding carboxylic acids is 1. The molecule has 1 fully saturated rings. The first-order chi connectivity index (χ1) is 13.2. The van der Waals surface area contributed by atoms with Crippen molar-refractivity contribution in [3.63, 3.8) is 0 Å². The smallest absolute Gasteiger partial charge is 0.252 e. The molecular formula is C21H28N4OS. The van der Waals surface area contributed by atoms with Gasteiger partial charge in [0.25, 0.3) is 5.91 Å². The number of fused-ring (bicyclic) bond motifs is 1. The van der Waals surface area contributed by atoms with E-state index in [1.807, 2.05) is 30.5 Å². The van der Waals surface area contributed by atoms with Gasteiger partial charge in [0.1, 0.15) is 0 Å². The van der Waals surface area contributed by atoms with Crippen molar-refractivity contribution in [1.82, 2.24) is 20.0 Å². The Bertz CT molecular complexity index is 797. The average molecular weight is 385 g/mol. The highest BCUT2D eigenvalue weighted by atomic mass is 32.2. The minimum absolute atomic E-state index is 0.0326. The molecule has 1 aliphatic carbocycles. The average Bonchev–Trinajstić information content (AvgIpc) is 3.14. The zero-order valence-corrected chi connectivity index (χ0v) is 16.8. The van der Waals surface area contributed by atoms with Crippen molar-refractivity contribution in [3.8, 4) is 0 Å². The van der Waals surface area contributed by atoms with Gasteiger partial charge in [0.2, 0.25) is 0 Å². The van der Waals surface area contributed by atoms with Crippen LogP contribution in [0.3, 0.4) is 0 Å². The molecule has 2 aromatic rings. The first-order valence-corrected chi connectivity index (χ1v) is 11.2. The molecule has 0 atom stereocenters.